The fourth-order valence-electron chi connectivity index (χ4n) is 7.54. The molecule has 250 valence electrons. The molecular formula is C39H50N4O4. The zero-order valence-corrected chi connectivity index (χ0v) is 28.5. The van der Waals surface area contributed by atoms with Gasteiger partial charge in [0.1, 0.15) is 12.2 Å². The summed E-state index contributed by atoms with van der Waals surface area (Å²) in [5.41, 5.74) is 6.73. The lowest BCUT2D eigenvalue weighted by Gasteiger charge is -2.43. The first-order chi connectivity index (χ1) is 22.6. The van der Waals surface area contributed by atoms with Gasteiger partial charge in [0.25, 0.3) is 0 Å². The van der Waals surface area contributed by atoms with Crippen LogP contribution in [0.3, 0.4) is 0 Å². The number of aromatic nitrogens is 1. The Morgan fingerprint density at radius 1 is 0.957 bits per heavy atom. The summed E-state index contributed by atoms with van der Waals surface area (Å²) in [5, 5.41) is 0. The lowest BCUT2D eigenvalue weighted by atomic mass is 9.88. The number of nitrogens with zero attached hydrogens (tertiary/aromatic N) is 4. The van der Waals surface area contributed by atoms with Crippen molar-refractivity contribution >= 4 is 17.7 Å². The first-order valence-electron chi connectivity index (χ1n) is 17.3. The molecule has 6 rings (SSSR count). The van der Waals surface area contributed by atoms with Gasteiger partial charge in [-0.2, -0.15) is 0 Å². The fourth-order valence-corrected chi connectivity index (χ4v) is 7.54. The van der Waals surface area contributed by atoms with Crippen LogP contribution in [0.4, 0.5) is 10.5 Å². The number of pyridine rings is 1. The van der Waals surface area contributed by atoms with E-state index >= 15 is 0 Å². The summed E-state index contributed by atoms with van der Waals surface area (Å²) < 4.78 is 11.5. The fraction of sp³-hybridized carbons (Fsp3) is 0.513. The summed E-state index contributed by atoms with van der Waals surface area (Å²) in [6.45, 7) is 9.18. The molecule has 8 nitrogen and oxygen atoms in total. The van der Waals surface area contributed by atoms with Crippen LogP contribution in [0.2, 0.25) is 0 Å². The summed E-state index contributed by atoms with van der Waals surface area (Å²) in [5.74, 6) is 0.208. The molecule has 0 bridgehead atoms. The second-order valence-electron chi connectivity index (χ2n) is 14.6. The van der Waals surface area contributed by atoms with Crippen molar-refractivity contribution in [2.24, 2.45) is 5.92 Å². The van der Waals surface area contributed by atoms with Gasteiger partial charge in [-0.15, -0.1) is 0 Å². The van der Waals surface area contributed by atoms with Crippen molar-refractivity contribution < 1.29 is 19.1 Å². The number of esters is 1. The normalized spacial score (nSPS) is 20.0. The Labute approximate surface area is 280 Å². The number of rotatable bonds is 8. The lowest BCUT2D eigenvalue weighted by molar-refractivity contribution is -0.146. The van der Waals surface area contributed by atoms with Crippen LogP contribution in [0.5, 0.6) is 0 Å². The largest absolute Gasteiger partial charge is 0.461 e. The average Bonchev–Trinajstić information content (AvgIpc) is 3.06. The van der Waals surface area contributed by atoms with Gasteiger partial charge in [-0.25, -0.2) is 4.79 Å². The number of anilines is 1. The minimum atomic E-state index is -0.569. The molecule has 47 heavy (non-hydrogen) atoms. The zero-order valence-electron chi connectivity index (χ0n) is 28.5. The van der Waals surface area contributed by atoms with E-state index in [1.165, 1.54) is 28.1 Å². The molecule has 1 saturated heterocycles. The molecule has 1 aliphatic carbocycles. The lowest BCUT2D eigenvalue weighted by Crippen LogP contribution is -2.51. The number of likely N-dealkylation sites (N-methyl/N-ethyl adjacent to an activating group) is 1. The number of piperidine rings is 1. The molecule has 0 unspecified atom stereocenters. The number of fused-ring (bicyclic) bond motifs is 2. The molecular weight excluding hydrogens is 588 g/mol. The van der Waals surface area contributed by atoms with E-state index in [-0.39, 0.29) is 24.1 Å². The second-order valence-corrected chi connectivity index (χ2v) is 14.6. The Kier molecular flexibility index (Phi) is 10.2. The van der Waals surface area contributed by atoms with Crippen LogP contribution in [-0.2, 0) is 40.3 Å². The van der Waals surface area contributed by atoms with Crippen molar-refractivity contribution in [1.29, 1.82) is 0 Å². The summed E-state index contributed by atoms with van der Waals surface area (Å²) in [6.07, 6.45) is 8.06. The van der Waals surface area contributed by atoms with Crippen LogP contribution in [0.15, 0.2) is 66.9 Å². The molecule has 1 amide bonds. The molecule has 2 atom stereocenters. The molecule has 0 spiro atoms. The molecule has 3 aromatic rings. The number of carbonyl (C=O) groups excluding carboxylic acids is 2. The van der Waals surface area contributed by atoms with Crippen molar-refractivity contribution in [3.63, 3.8) is 0 Å². The highest BCUT2D eigenvalue weighted by Gasteiger charge is 2.37. The van der Waals surface area contributed by atoms with Gasteiger partial charge in [-0.05, 0) is 107 Å². The number of hydrogen-bond donors (Lipinski definition) is 0. The Bertz CT molecular complexity index is 1530. The first-order valence-corrected chi connectivity index (χ1v) is 17.3. The summed E-state index contributed by atoms with van der Waals surface area (Å²) in [6, 6.07) is 20.8. The highest BCUT2D eigenvalue weighted by molar-refractivity contribution is 5.71. The van der Waals surface area contributed by atoms with Crippen molar-refractivity contribution in [3.05, 3.63) is 94.8 Å². The van der Waals surface area contributed by atoms with Crippen LogP contribution in [0.1, 0.15) is 86.9 Å². The minimum absolute atomic E-state index is 0.0329. The quantitative estimate of drug-likeness (QED) is 0.244. The predicted octanol–water partition coefficient (Wildman–Crippen LogP) is 7.10. The van der Waals surface area contributed by atoms with Gasteiger partial charge in [0.05, 0.1) is 17.8 Å². The maximum Gasteiger partial charge on any atom is 0.410 e. The highest BCUT2D eigenvalue weighted by atomic mass is 16.6. The number of amides is 1. The van der Waals surface area contributed by atoms with Gasteiger partial charge in [0.2, 0.25) is 0 Å². The maximum absolute atomic E-state index is 13.7. The Hall–Kier alpha value is -3.91. The number of benzene rings is 2. The molecule has 8 heteroatoms. The standard InChI is InChI=1S/C39H50N4O4/c1-39(2,3)47-38(45)43-25-31-14-9-16-34(42-21-18-28(19-22-42)23-36(44)46-27-29-11-6-5-7-12-29)33(31)24-32(43)26-41(4)35-17-8-13-30-15-10-20-40-37(30)35/h5-7,9-12,14-16,20,28,32,35H,8,13,17-19,21-27H2,1-4H3/t32-,35+/m1/s1. The van der Waals surface area contributed by atoms with Gasteiger partial charge >= 0.3 is 12.1 Å². The summed E-state index contributed by atoms with van der Waals surface area (Å²) in [4.78, 5) is 37.9. The van der Waals surface area contributed by atoms with Gasteiger partial charge in [-0.3, -0.25) is 19.6 Å². The predicted molar refractivity (Wildman–Crippen MR) is 184 cm³/mol. The zero-order chi connectivity index (χ0) is 33.0. The van der Waals surface area contributed by atoms with E-state index in [1.807, 2.05) is 68.3 Å². The van der Waals surface area contributed by atoms with E-state index in [2.05, 4.69) is 41.1 Å². The topological polar surface area (TPSA) is 75.2 Å². The Morgan fingerprint density at radius 2 is 1.72 bits per heavy atom. The molecule has 0 radical (unpaired) electrons. The van der Waals surface area contributed by atoms with Gasteiger partial charge in [0, 0.05) is 44.5 Å². The van der Waals surface area contributed by atoms with Crippen LogP contribution in [0.25, 0.3) is 0 Å². The Balaban J connectivity index is 1.15. The van der Waals surface area contributed by atoms with Crippen molar-refractivity contribution in [1.82, 2.24) is 14.8 Å². The van der Waals surface area contributed by atoms with Crippen LogP contribution < -0.4 is 4.90 Å². The maximum atomic E-state index is 13.7. The van der Waals surface area contributed by atoms with E-state index in [0.29, 0.717) is 25.5 Å². The van der Waals surface area contributed by atoms with Gasteiger partial charge in [0.15, 0.2) is 0 Å². The molecule has 3 aliphatic rings. The van der Waals surface area contributed by atoms with E-state index in [0.717, 1.165) is 63.7 Å². The molecule has 0 saturated carbocycles. The van der Waals surface area contributed by atoms with Crippen LogP contribution in [0, 0.1) is 5.92 Å². The third kappa shape index (κ3) is 8.15. The van der Waals surface area contributed by atoms with Crippen LogP contribution >= 0.6 is 0 Å². The van der Waals surface area contributed by atoms with Crippen molar-refractivity contribution in [3.8, 4) is 0 Å². The van der Waals surface area contributed by atoms with E-state index in [9.17, 15) is 9.59 Å². The highest BCUT2D eigenvalue weighted by Crippen LogP contribution is 2.37. The monoisotopic (exact) mass is 638 g/mol. The SMILES string of the molecule is CN(C[C@H]1Cc2c(cccc2N2CCC(CC(=O)OCc3ccccc3)CC2)CN1C(=O)OC(C)(C)C)[C@H]1CCCc2cccnc21. The molecule has 3 heterocycles. The third-order valence-corrected chi connectivity index (χ3v) is 9.95. The molecule has 2 aromatic carbocycles. The molecule has 0 N–H and O–H groups in total. The smallest absolute Gasteiger partial charge is 0.410 e. The third-order valence-electron chi connectivity index (χ3n) is 9.95. The summed E-state index contributed by atoms with van der Waals surface area (Å²) >= 11 is 0. The number of aryl methyl sites for hydroxylation is 1. The number of carbonyl (C=O) groups is 2. The number of hydrogen-bond acceptors (Lipinski definition) is 7. The van der Waals surface area contributed by atoms with E-state index < -0.39 is 5.60 Å². The van der Waals surface area contributed by atoms with Gasteiger partial charge < -0.3 is 14.4 Å². The molecule has 1 aromatic heterocycles. The van der Waals surface area contributed by atoms with Gasteiger partial charge in [-0.1, -0.05) is 48.5 Å². The Morgan fingerprint density at radius 3 is 2.49 bits per heavy atom. The average molecular weight is 639 g/mol. The van der Waals surface area contributed by atoms with E-state index in [1.54, 1.807) is 0 Å². The number of ether oxygens (including phenoxy) is 2. The van der Waals surface area contributed by atoms with Crippen LogP contribution in [-0.4, -0.2) is 65.2 Å². The summed E-state index contributed by atoms with van der Waals surface area (Å²) in [7, 11) is 2.18. The van der Waals surface area contributed by atoms with Crippen molar-refractivity contribution in [2.75, 3.05) is 31.6 Å². The first kappa shape index (κ1) is 33.0. The molecule has 1 fully saturated rings. The minimum Gasteiger partial charge on any atom is -0.461 e. The van der Waals surface area contributed by atoms with E-state index in [4.69, 9.17) is 14.5 Å². The van der Waals surface area contributed by atoms with Crippen molar-refractivity contribution in [2.45, 2.75) is 96.6 Å². The molecule has 2 aliphatic heterocycles. The second kappa shape index (κ2) is 14.5.